The SMILES string of the molecule is CCCC1(C(=O)Nc2cccc3c2CN(c2ccc4ccn(C)c4c2)C3=O)CCS1. The average Bonchev–Trinajstić information content (AvgIpc) is 3.25. The van der Waals surface area contributed by atoms with E-state index in [1.807, 2.05) is 43.6 Å². The molecule has 154 valence electrons. The van der Waals surface area contributed by atoms with E-state index in [-0.39, 0.29) is 16.6 Å². The zero-order chi connectivity index (χ0) is 20.9. The van der Waals surface area contributed by atoms with Gasteiger partial charge in [-0.3, -0.25) is 9.59 Å². The highest BCUT2D eigenvalue weighted by Gasteiger charge is 2.44. The topological polar surface area (TPSA) is 54.3 Å². The summed E-state index contributed by atoms with van der Waals surface area (Å²) in [7, 11) is 2.00. The fraction of sp³-hybridized carbons (Fsp3) is 0.333. The van der Waals surface area contributed by atoms with Crippen molar-refractivity contribution in [3.63, 3.8) is 0 Å². The first kappa shape index (κ1) is 19.2. The molecule has 2 aliphatic rings. The number of thioether (sulfide) groups is 1. The third-order valence-corrected chi connectivity index (χ3v) is 7.91. The summed E-state index contributed by atoms with van der Waals surface area (Å²) >= 11 is 1.75. The van der Waals surface area contributed by atoms with E-state index in [2.05, 4.69) is 28.9 Å². The van der Waals surface area contributed by atoms with Gasteiger partial charge < -0.3 is 14.8 Å². The molecule has 0 bridgehead atoms. The maximum atomic E-state index is 13.2. The maximum absolute atomic E-state index is 13.2. The Labute approximate surface area is 180 Å². The van der Waals surface area contributed by atoms with Crippen molar-refractivity contribution in [1.29, 1.82) is 0 Å². The Kier molecular flexibility index (Phi) is 4.62. The highest BCUT2D eigenvalue weighted by molar-refractivity contribution is 8.02. The number of aryl methyl sites for hydroxylation is 1. The van der Waals surface area contributed by atoms with Gasteiger partial charge in [0.05, 0.1) is 11.3 Å². The fourth-order valence-corrected chi connectivity index (χ4v) is 5.78. The summed E-state index contributed by atoms with van der Waals surface area (Å²) in [6.45, 7) is 2.59. The van der Waals surface area contributed by atoms with Gasteiger partial charge in [-0.1, -0.05) is 25.5 Å². The van der Waals surface area contributed by atoms with E-state index in [1.165, 1.54) is 0 Å². The smallest absolute Gasteiger partial charge is 0.259 e. The Hall–Kier alpha value is -2.73. The molecule has 3 aromatic rings. The Morgan fingerprint density at radius 3 is 2.80 bits per heavy atom. The molecule has 2 aromatic carbocycles. The van der Waals surface area contributed by atoms with E-state index in [1.54, 1.807) is 16.7 Å². The molecule has 3 heterocycles. The summed E-state index contributed by atoms with van der Waals surface area (Å²) in [6, 6.07) is 13.8. The molecule has 5 nitrogen and oxygen atoms in total. The minimum absolute atomic E-state index is 0.0176. The molecule has 1 aromatic heterocycles. The molecule has 0 spiro atoms. The molecular weight excluding hydrogens is 394 g/mol. The van der Waals surface area contributed by atoms with Crippen LogP contribution >= 0.6 is 11.8 Å². The number of nitrogens with one attached hydrogen (secondary N) is 1. The second-order valence-corrected chi connectivity index (χ2v) is 9.67. The van der Waals surface area contributed by atoms with Crippen LogP contribution in [0.2, 0.25) is 0 Å². The lowest BCUT2D eigenvalue weighted by Gasteiger charge is -2.39. The van der Waals surface area contributed by atoms with Crippen LogP contribution in [0.1, 0.15) is 42.1 Å². The van der Waals surface area contributed by atoms with Crippen molar-refractivity contribution in [2.45, 2.75) is 37.5 Å². The molecule has 2 amide bonds. The molecule has 6 heteroatoms. The maximum Gasteiger partial charge on any atom is 0.259 e. The van der Waals surface area contributed by atoms with Gasteiger partial charge >= 0.3 is 0 Å². The number of hydrogen-bond donors (Lipinski definition) is 1. The van der Waals surface area contributed by atoms with Crippen molar-refractivity contribution in [2.24, 2.45) is 7.05 Å². The van der Waals surface area contributed by atoms with Crippen LogP contribution in [0.5, 0.6) is 0 Å². The Morgan fingerprint density at radius 1 is 1.23 bits per heavy atom. The van der Waals surface area contributed by atoms with Crippen LogP contribution in [-0.2, 0) is 18.4 Å². The lowest BCUT2D eigenvalue weighted by atomic mass is 9.96. The van der Waals surface area contributed by atoms with Gasteiger partial charge in [-0.25, -0.2) is 0 Å². The van der Waals surface area contributed by atoms with Crippen molar-refractivity contribution < 1.29 is 9.59 Å². The molecule has 5 rings (SSSR count). The predicted molar refractivity (Wildman–Crippen MR) is 123 cm³/mol. The number of carbonyl (C=O) groups is 2. The standard InChI is InChI=1S/C24H25N3O2S/c1-3-10-24(11-13-30-24)23(29)25-20-6-4-5-18-19(20)15-27(22(18)28)17-8-7-16-9-12-26(2)21(16)14-17/h4-9,12,14H,3,10-11,13,15H2,1-2H3,(H,25,29). The highest BCUT2D eigenvalue weighted by Crippen LogP contribution is 2.45. The normalized spacial score (nSPS) is 20.3. The first-order valence-corrected chi connectivity index (χ1v) is 11.5. The number of nitrogens with zero attached hydrogens (tertiary/aromatic N) is 2. The molecule has 1 saturated heterocycles. The average molecular weight is 420 g/mol. The van der Waals surface area contributed by atoms with E-state index < -0.39 is 0 Å². The number of carbonyl (C=O) groups excluding carboxylic acids is 2. The Balaban J connectivity index is 1.44. The largest absolute Gasteiger partial charge is 0.350 e. The fourth-order valence-electron chi connectivity index (χ4n) is 4.56. The summed E-state index contributed by atoms with van der Waals surface area (Å²) in [4.78, 5) is 28.0. The number of amides is 2. The second kappa shape index (κ2) is 7.20. The van der Waals surface area contributed by atoms with Crippen molar-refractivity contribution in [1.82, 2.24) is 4.57 Å². The zero-order valence-corrected chi connectivity index (χ0v) is 18.1. The van der Waals surface area contributed by atoms with Crippen molar-refractivity contribution in [3.05, 3.63) is 59.8 Å². The van der Waals surface area contributed by atoms with Gasteiger partial charge in [0.15, 0.2) is 0 Å². The third kappa shape index (κ3) is 2.93. The molecular formula is C24H25N3O2S. The molecule has 0 radical (unpaired) electrons. The second-order valence-electron chi connectivity index (χ2n) is 8.19. The number of hydrogen-bond acceptors (Lipinski definition) is 3. The summed E-state index contributed by atoms with van der Waals surface area (Å²) in [5.74, 6) is 1.09. The van der Waals surface area contributed by atoms with Gasteiger partial charge in [0.1, 0.15) is 0 Å². The van der Waals surface area contributed by atoms with Gasteiger partial charge in [0.25, 0.3) is 5.91 Å². The first-order chi connectivity index (χ1) is 14.5. The summed E-state index contributed by atoms with van der Waals surface area (Å²) in [5.41, 5.74) is 4.30. The number of benzene rings is 2. The van der Waals surface area contributed by atoms with Crippen LogP contribution in [0.4, 0.5) is 11.4 Å². The molecule has 0 saturated carbocycles. The van der Waals surface area contributed by atoms with Gasteiger partial charge in [0, 0.05) is 41.3 Å². The van der Waals surface area contributed by atoms with E-state index in [0.29, 0.717) is 12.1 Å². The number of fused-ring (bicyclic) bond motifs is 2. The summed E-state index contributed by atoms with van der Waals surface area (Å²) in [5, 5.41) is 4.30. The third-order valence-electron chi connectivity index (χ3n) is 6.35. The Morgan fingerprint density at radius 2 is 2.07 bits per heavy atom. The zero-order valence-electron chi connectivity index (χ0n) is 17.3. The van der Waals surface area contributed by atoms with Crippen LogP contribution in [0, 0.1) is 0 Å². The van der Waals surface area contributed by atoms with Gasteiger partial charge in [0.2, 0.25) is 5.91 Å². The van der Waals surface area contributed by atoms with E-state index in [0.717, 1.165) is 52.9 Å². The minimum Gasteiger partial charge on any atom is -0.350 e. The van der Waals surface area contributed by atoms with Crippen LogP contribution in [-0.4, -0.2) is 26.9 Å². The van der Waals surface area contributed by atoms with Gasteiger partial charge in [-0.05, 0) is 54.3 Å². The van der Waals surface area contributed by atoms with Gasteiger partial charge in [-0.2, -0.15) is 0 Å². The molecule has 1 unspecified atom stereocenters. The van der Waals surface area contributed by atoms with Crippen molar-refractivity contribution in [2.75, 3.05) is 16.0 Å². The molecule has 1 N–H and O–H groups in total. The quantitative estimate of drug-likeness (QED) is 0.636. The summed E-state index contributed by atoms with van der Waals surface area (Å²) < 4.78 is 1.75. The van der Waals surface area contributed by atoms with Crippen LogP contribution in [0.25, 0.3) is 10.9 Å². The van der Waals surface area contributed by atoms with Crippen molar-refractivity contribution >= 4 is 45.9 Å². The lowest BCUT2D eigenvalue weighted by molar-refractivity contribution is -0.119. The van der Waals surface area contributed by atoms with Crippen LogP contribution < -0.4 is 10.2 Å². The summed E-state index contributed by atoms with van der Waals surface area (Å²) in [6.07, 6.45) is 4.82. The van der Waals surface area contributed by atoms with Crippen LogP contribution in [0.15, 0.2) is 48.7 Å². The molecule has 1 atom stereocenters. The molecule has 2 aliphatic heterocycles. The van der Waals surface area contributed by atoms with Gasteiger partial charge in [-0.15, -0.1) is 11.8 Å². The van der Waals surface area contributed by atoms with Crippen molar-refractivity contribution in [3.8, 4) is 0 Å². The van der Waals surface area contributed by atoms with E-state index >= 15 is 0 Å². The van der Waals surface area contributed by atoms with E-state index in [4.69, 9.17) is 0 Å². The Bertz CT molecular complexity index is 1160. The predicted octanol–water partition coefficient (Wildman–Crippen LogP) is 4.95. The van der Waals surface area contributed by atoms with E-state index in [9.17, 15) is 9.59 Å². The number of rotatable bonds is 5. The van der Waals surface area contributed by atoms with Crippen LogP contribution in [0.3, 0.4) is 0 Å². The molecule has 30 heavy (non-hydrogen) atoms. The monoisotopic (exact) mass is 419 g/mol. The lowest BCUT2D eigenvalue weighted by Crippen LogP contribution is -2.46. The first-order valence-electron chi connectivity index (χ1n) is 10.5. The minimum atomic E-state index is -0.308. The molecule has 0 aliphatic carbocycles. The molecule has 1 fully saturated rings. The highest BCUT2D eigenvalue weighted by atomic mass is 32.2. The number of aromatic nitrogens is 1. The number of anilines is 2.